The van der Waals surface area contributed by atoms with Gasteiger partial charge in [-0.2, -0.15) is 0 Å². The molecule has 0 saturated heterocycles. The summed E-state index contributed by atoms with van der Waals surface area (Å²) in [6.07, 6.45) is 8.12. The molecule has 4 bridgehead atoms. The molecule has 0 amide bonds. The highest BCUT2D eigenvalue weighted by Gasteiger charge is 2.55. The van der Waals surface area contributed by atoms with Crippen molar-refractivity contribution in [1.82, 2.24) is 0 Å². The van der Waals surface area contributed by atoms with Gasteiger partial charge in [-0.05, 0) is 48.7 Å². The molecule has 2 saturated carbocycles. The van der Waals surface area contributed by atoms with Gasteiger partial charge in [0.1, 0.15) is 0 Å². The summed E-state index contributed by atoms with van der Waals surface area (Å²) in [4.78, 5) is 24.5. The van der Waals surface area contributed by atoms with Crippen molar-refractivity contribution in [3.63, 3.8) is 0 Å². The molecule has 4 aliphatic carbocycles. The number of rotatable bonds is 0. The molecule has 2 nitrogen and oxygen atoms in total. The second kappa shape index (κ2) is 2.73. The van der Waals surface area contributed by atoms with Crippen molar-refractivity contribution in [3.8, 4) is 0 Å². The average molecular weight is 214 g/mol. The van der Waals surface area contributed by atoms with Crippen LogP contribution >= 0.6 is 0 Å². The third-order valence-corrected chi connectivity index (χ3v) is 4.81. The Labute approximate surface area is 94.4 Å². The van der Waals surface area contributed by atoms with Gasteiger partial charge in [0.05, 0.1) is 0 Å². The van der Waals surface area contributed by atoms with Gasteiger partial charge in [-0.15, -0.1) is 0 Å². The summed E-state index contributed by atoms with van der Waals surface area (Å²) < 4.78 is 0. The molecule has 82 valence electrons. The zero-order valence-electron chi connectivity index (χ0n) is 9.11. The van der Waals surface area contributed by atoms with Crippen molar-refractivity contribution < 1.29 is 9.59 Å². The molecule has 4 atom stereocenters. The fourth-order valence-electron chi connectivity index (χ4n) is 4.19. The van der Waals surface area contributed by atoms with Gasteiger partial charge in [0, 0.05) is 11.8 Å². The van der Waals surface area contributed by atoms with Crippen molar-refractivity contribution >= 4 is 11.6 Å². The minimum atomic E-state index is 0.0133. The Morgan fingerprint density at radius 1 is 0.875 bits per heavy atom. The minimum absolute atomic E-state index is 0.0133. The molecule has 0 radical (unpaired) electrons. The number of ketones is 2. The number of hydrogen-bond acceptors (Lipinski definition) is 2. The summed E-state index contributed by atoms with van der Waals surface area (Å²) in [6.45, 7) is 0. The van der Waals surface area contributed by atoms with Gasteiger partial charge in [0.25, 0.3) is 0 Å². The van der Waals surface area contributed by atoms with Crippen LogP contribution in [0.4, 0.5) is 0 Å². The van der Waals surface area contributed by atoms with Crippen LogP contribution in [0, 0.1) is 23.7 Å². The topological polar surface area (TPSA) is 34.1 Å². The van der Waals surface area contributed by atoms with E-state index in [9.17, 15) is 9.59 Å². The van der Waals surface area contributed by atoms with Gasteiger partial charge in [-0.1, -0.05) is 12.2 Å². The summed E-state index contributed by atoms with van der Waals surface area (Å²) in [5.74, 6) is 1.36. The normalized spacial score (nSPS) is 44.2. The Hall–Kier alpha value is -1.18. The third kappa shape index (κ3) is 0.892. The minimum Gasteiger partial charge on any atom is -0.294 e. The van der Waals surface area contributed by atoms with Gasteiger partial charge in [0.15, 0.2) is 11.6 Å². The molecule has 0 aromatic carbocycles. The van der Waals surface area contributed by atoms with Crippen molar-refractivity contribution in [1.29, 1.82) is 0 Å². The van der Waals surface area contributed by atoms with E-state index in [1.54, 1.807) is 0 Å². The van der Waals surface area contributed by atoms with Crippen molar-refractivity contribution in [2.45, 2.75) is 25.7 Å². The molecule has 0 spiro atoms. The third-order valence-electron chi connectivity index (χ3n) is 4.81. The Morgan fingerprint density at radius 3 is 1.88 bits per heavy atom. The lowest BCUT2D eigenvalue weighted by Gasteiger charge is -2.15. The molecule has 0 heterocycles. The fraction of sp³-hybridized carbons (Fsp3) is 0.571. The number of fused-ring (bicyclic) bond motifs is 2. The molecule has 4 aliphatic rings. The average Bonchev–Trinajstić information content (AvgIpc) is 2.83. The van der Waals surface area contributed by atoms with Gasteiger partial charge in [-0.25, -0.2) is 0 Å². The number of Topliss-reactive ketones (excluding diaryl/α,β-unsaturated/α-hetero) is 2. The predicted octanol–water partition coefficient (Wildman–Crippen LogP) is 2.06. The van der Waals surface area contributed by atoms with Gasteiger partial charge >= 0.3 is 0 Å². The molecular formula is C14H14O2. The number of carbonyl (C=O) groups excluding carboxylic acids is 2. The van der Waals surface area contributed by atoms with Crippen LogP contribution in [0.2, 0.25) is 0 Å². The first-order valence-electron chi connectivity index (χ1n) is 6.25. The molecule has 0 unspecified atom stereocenters. The SMILES string of the molecule is O=C1C2=C[C@H]3C[C@H]4C=C(CCC2)C(=O)[C@H]4[C@@H]13. The summed E-state index contributed by atoms with van der Waals surface area (Å²) in [5.41, 5.74) is 2.05. The van der Waals surface area contributed by atoms with Gasteiger partial charge in [-0.3, -0.25) is 9.59 Å². The highest BCUT2D eigenvalue weighted by molar-refractivity contribution is 6.08. The lowest BCUT2D eigenvalue weighted by molar-refractivity contribution is -0.127. The van der Waals surface area contributed by atoms with Crippen LogP contribution in [-0.2, 0) is 9.59 Å². The van der Waals surface area contributed by atoms with E-state index in [4.69, 9.17) is 0 Å². The molecule has 2 heteroatoms. The largest absolute Gasteiger partial charge is 0.294 e. The first kappa shape index (κ1) is 8.91. The summed E-state index contributed by atoms with van der Waals surface area (Å²) >= 11 is 0. The zero-order chi connectivity index (χ0) is 10.9. The van der Waals surface area contributed by atoms with Crippen LogP contribution in [0.3, 0.4) is 0 Å². The van der Waals surface area contributed by atoms with E-state index in [-0.39, 0.29) is 11.8 Å². The van der Waals surface area contributed by atoms with Crippen LogP contribution in [0.15, 0.2) is 23.3 Å². The standard InChI is InChI=1S/C14H14O2/c15-13-7-2-1-3-8-5-10-6-9(4-7)11(13)12(10)14(8)16/h4-5,9-12H,1-3,6H2/t9-,10+,11-,12+. The monoisotopic (exact) mass is 214 g/mol. The fourth-order valence-corrected chi connectivity index (χ4v) is 4.19. The van der Waals surface area contributed by atoms with E-state index in [0.717, 1.165) is 36.8 Å². The first-order valence-corrected chi connectivity index (χ1v) is 6.25. The van der Waals surface area contributed by atoms with Crippen molar-refractivity contribution in [2.75, 3.05) is 0 Å². The Morgan fingerprint density at radius 2 is 1.38 bits per heavy atom. The highest BCUT2D eigenvalue weighted by atomic mass is 16.1. The van der Waals surface area contributed by atoms with Crippen LogP contribution in [-0.4, -0.2) is 11.6 Å². The molecule has 2 fully saturated rings. The van der Waals surface area contributed by atoms with Crippen molar-refractivity contribution in [2.24, 2.45) is 23.7 Å². The van der Waals surface area contributed by atoms with Crippen LogP contribution in [0.25, 0.3) is 0 Å². The van der Waals surface area contributed by atoms with Crippen molar-refractivity contribution in [3.05, 3.63) is 23.3 Å². The van der Waals surface area contributed by atoms with E-state index < -0.39 is 0 Å². The second-order valence-corrected chi connectivity index (χ2v) is 5.58. The first-order chi connectivity index (χ1) is 7.75. The van der Waals surface area contributed by atoms with E-state index in [1.165, 1.54) is 0 Å². The lowest BCUT2D eigenvalue weighted by Crippen LogP contribution is -2.26. The molecule has 4 rings (SSSR count). The molecule has 16 heavy (non-hydrogen) atoms. The Balaban J connectivity index is 1.89. The van der Waals surface area contributed by atoms with E-state index in [0.29, 0.717) is 23.4 Å². The Bertz CT molecular complexity index is 427. The van der Waals surface area contributed by atoms with E-state index in [1.807, 2.05) is 0 Å². The van der Waals surface area contributed by atoms with E-state index in [2.05, 4.69) is 12.2 Å². The quantitative estimate of drug-likeness (QED) is 0.618. The lowest BCUT2D eigenvalue weighted by atomic mass is 9.85. The molecule has 0 aliphatic heterocycles. The summed E-state index contributed by atoms with van der Waals surface area (Å²) in [6, 6.07) is 0. The number of hydrogen-bond donors (Lipinski definition) is 0. The summed E-state index contributed by atoms with van der Waals surface area (Å²) in [5, 5.41) is 0. The second-order valence-electron chi connectivity index (χ2n) is 5.58. The predicted molar refractivity (Wildman–Crippen MR) is 58.6 cm³/mol. The van der Waals surface area contributed by atoms with E-state index >= 15 is 0 Å². The van der Waals surface area contributed by atoms with Crippen LogP contribution < -0.4 is 0 Å². The zero-order valence-corrected chi connectivity index (χ0v) is 9.11. The molecular weight excluding hydrogens is 200 g/mol. The maximum atomic E-state index is 12.2. The number of allylic oxidation sites excluding steroid dienone is 4. The smallest absolute Gasteiger partial charge is 0.162 e. The molecule has 0 aromatic rings. The molecule has 0 aromatic heterocycles. The highest BCUT2D eigenvalue weighted by Crippen LogP contribution is 2.54. The Kier molecular flexibility index (Phi) is 1.52. The van der Waals surface area contributed by atoms with Crippen LogP contribution in [0.5, 0.6) is 0 Å². The van der Waals surface area contributed by atoms with Crippen LogP contribution in [0.1, 0.15) is 25.7 Å². The summed E-state index contributed by atoms with van der Waals surface area (Å²) in [7, 11) is 0. The maximum absolute atomic E-state index is 12.2. The van der Waals surface area contributed by atoms with Gasteiger partial charge < -0.3 is 0 Å². The number of carbonyl (C=O) groups is 2. The molecule has 0 N–H and O–H groups in total. The van der Waals surface area contributed by atoms with Gasteiger partial charge in [0.2, 0.25) is 0 Å². The maximum Gasteiger partial charge on any atom is 0.162 e.